The lowest BCUT2D eigenvalue weighted by atomic mass is 10.2. The van der Waals surface area contributed by atoms with Crippen LogP contribution in [-0.2, 0) is 6.61 Å². The van der Waals surface area contributed by atoms with Gasteiger partial charge >= 0.3 is 0 Å². The van der Waals surface area contributed by atoms with E-state index in [4.69, 9.17) is 10.3 Å². The van der Waals surface area contributed by atoms with E-state index < -0.39 is 23.3 Å². The smallest absolute Gasteiger partial charge is 0.153 e. The van der Waals surface area contributed by atoms with Crippen LogP contribution >= 0.6 is 0 Å². The molecule has 66 valence electrons. The maximum atomic E-state index is 13.0. The lowest BCUT2D eigenvalue weighted by Gasteiger charge is -2.22. The topological polar surface area (TPSA) is 66.8 Å². The maximum absolute atomic E-state index is 13.0. The van der Waals surface area contributed by atoms with Gasteiger partial charge in [-0.1, -0.05) is 12.1 Å². The van der Waals surface area contributed by atoms with Crippen LogP contribution < -0.4 is 5.23 Å². The Balaban J connectivity index is 3.14. The second-order valence-electron chi connectivity index (χ2n) is 2.18. The van der Waals surface area contributed by atoms with E-state index in [0.717, 1.165) is 6.07 Å². The molecule has 2 N–H and O–H groups in total. The molecule has 4 nitrogen and oxygen atoms in total. The zero-order valence-corrected chi connectivity index (χ0v) is 6.07. The average Bonchev–Trinajstić information content (AvgIpc) is 2.04. The van der Waals surface area contributed by atoms with Crippen molar-refractivity contribution in [3.63, 3.8) is 0 Å². The molecule has 0 aliphatic rings. The fourth-order valence-corrected chi connectivity index (χ4v) is 0.836. The van der Waals surface area contributed by atoms with Crippen molar-refractivity contribution >= 4 is 5.69 Å². The lowest BCUT2D eigenvalue weighted by Crippen LogP contribution is -2.10. The first-order valence-corrected chi connectivity index (χ1v) is 3.21. The average molecular weight is 172 g/mol. The first-order chi connectivity index (χ1) is 5.66. The Morgan fingerprint density at radius 3 is 2.67 bits per heavy atom. The Bertz CT molecular complexity index is 277. The summed E-state index contributed by atoms with van der Waals surface area (Å²) >= 11 is 0. The molecule has 1 aromatic rings. The summed E-state index contributed by atoms with van der Waals surface area (Å²) in [6.07, 6.45) is 0. The monoisotopic (exact) mass is 172 g/mol. The SMILES string of the molecule is [O-]N(O)c1cccc(CO)c1F. The third-order valence-corrected chi connectivity index (χ3v) is 1.43. The summed E-state index contributed by atoms with van der Waals surface area (Å²) in [5.41, 5.74) is -0.524. The number of rotatable bonds is 2. The molecular weight excluding hydrogens is 165 g/mol. The summed E-state index contributed by atoms with van der Waals surface area (Å²) in [6.45, 7) is -0.506. The third kappa shape index (κ3) is 1.53. The van der Waals surface area contributed by atoms with E-state index in [1.807, 2.05) is 0 Å². The molecule has 0 heterocycles. The highest BCUT2D eigenvalue weighted by Crippen LogP contribution is 2.20. The Morgan fingerprint density at radius 1 is 1.50 bits per heavy atom. The Labute approximate surface area is 68.0 Å². The number of hydrogen-bond donors (Lipinski definition) is 2. The van der Waals surface area contributed by atoms with Crippen LogP contribution in [0.2, 0.25) is 0 Å². The molecule has 1 aromatic carbocycles. The first kappa shape index (κ1) is 8.92. The molecule has 5 heteroatoms. The van der Waals surface area contributed by atoms with E-state index in [9.17, 15) is 9.60 Å². The molecule has 0 aliphatic heterocycles. The van der Waals surface area contributed by atoms with E-state index in [1.54, 1.807) is 0 Å². The van der Waals surface area contributed by atoms with Gasteiger partial charge in [-0.15, -0.1) is 0 Å². The fraction of sp³-hybridized carbons (Fsp3) is 0.143. The van der Waals surface area contributed by atoms with Crippen LogP contribution in [0.1, 0.15) is 5.56 Å². The van der Waals surface area contributed by atoms with Gasteiger partial charge in [0.15, 0.2) is 5.82 Å². The van der Waals surface area contributed by atoms with Gasteiger partial charge in [-0.2, -0.15) is 0 Å². The van der Waals surface area contributed by atoms with Crippen LogP contribution in [0.3, 0.4) is 0 Å². The highest BCUT2D eigenvalue weighted by atomic mass is 19.1. The number of aliphatic hydroxyl groups is 1. The summed E-state index contributed by atoms with van der Waals surface area (Å²) in [5.74, 6) is -0.905. The van der Waals surface area contributed by atoms with Crippen LogP contribution in [0, 0.1) is 11.0 Å². The molecule has 0 bridgehead atoms. The molecule has 0 radical (unpaired) electrons. The van der Waals surface area contributed by atoms with Crippen molar-refractivity contribution in [3.05, 3.63) is 34.8 Å². The van der Waals surface area contributed by atoms with Crippen molar-refractivity contribution in [2.45, 2.75) is 6.61 Å². The highest BCUT2D eigenvalue weighted by molar-refractivity contribution is 5.48. The Kier molecular flexibility index (Phi) is 2.59. The number of benzene rings is 1. The van der Waals surface area contributed by atoms with Crippen LogP contribution in [-0.4, -0.2) is 10.3 Å². The van der Waals surface area contributed by atoms with Gasteiger partial charge in [0.25, 0.3) is 0 Å². The number of hydrogen-bond acceptors (Lipinski definition) is 4. The fourth-order valence-electron chi connectivity index (χ4n) is 0.836. The van der Waals surface area contributed by atoms with Crippen molar-refractivity contribution in [1.82, 2.24) is 0 Å². The van der Waals surface area contributed by atoms with Gasteiger partial charge in [-0.3, -0.25) is 5.21 Å². The van der Waals surface area contributed by atoms with Gasteiger partial charge in [-0.25, -0.2) is 4.39 Å². The van der Waals surface area contributed by atoms with E-state index in [2.05, 4.69) is 0 Å². The van der Waals surface area contributed by atoms with Gasteiger partial charge in [0.1, 0.15) is 0 Å². The van der Waals surface area contributed by atoms with Crippen LogP contribution in [0.4, 0.5) is 10.1 Å². The molecule has 0 aromatic heterocycles. The van der Waals surface area contributed by atoms with Crippen molar-refractivity contribution in [1.29, 1.82) is 0 Å². The molecule has 0 atom stereocenters. The van der Waals surface area contributed by atoms with Gasteiger partial charge in [0.05, 0.1) is 12.3 Å². The first-order valence-electron chi connectivity index (χ1n) is 3.21. The van der Waals surface area contributed by atoms with Crippen LogP contribution in [0.15, 0.2) is 18.2 Å². The summed E-state index contributed by atoms with van der Waals surface area (Å²) in [5, 5.41) is 26.7. The van der Waals surface area contributed by atoms with Gasteiger partial charge in [-0.05, 0) is 6.07 Å². The molecule has 0 fully saturated rings. The van der Waals surface area contributed by atoms with Crippen molar-refractivity contribution in [3.8, 4) is 0 Å². The van der Waals surface area contributed by atoms with Crippen molar-refractivity contribution in [2.75, 3.05) is 5.23 Å². The predicted molar refractivity (Wildman–Crippen MR) is 40.0 cm³/mol. The van der Waals surface area contributed by atoms with Crippen molar-refractivity contribution < 1.29 is 14.7 Å². The molecule has 12 heavy (non-hydrogen) atoms. The molecule has 1 rings (SSSR count). The lowest BCUT2D eigenvalue weighted by molar-refractivity contribution is 0.271. The number of halogens is 1. The number of aliphatic hydroxyl groups excluding tert-OH is 1. The Hall–Kier alpha value is -1.17. The molecular formula is C7H7FNO3-. The highest BCUT2D eigenvalue weighted by Gasteiger charge is 2.06. The number of anilines is 1. The largest absolute Gasteiger partial charge is 0.733 e. The quantitative estimate of drug-likeness (QED) is 0.653. The van der Waals surface area contributed by atoms with E-state index >= 15 is 0 Å². The third-order valence-electron chi connectivity index (χ3n) is 1.43. The second kappa shape index (κ2) is 3.48. The summed E-state index contributed by atoms with van der Waals surface area (Å²) in [6, 6.07) is 3.80. The molecule has 0 aliphatic carbocycles. The predicted octanol–water partition coefficient (Wildman–Crippen LogP) is 1.01. The molecule has 0 amide bonds. The molecule has 0 spiro atoms. The summed E-state index contributed by atoms with van der Waals surface area (Å²) in [4.78, 5) is 0. The summed E-state index contributed by atoms with van der Waals surface area (Å²) in [7, 11) is 0. The molecule has 0 saturated carbocycles. The van der Waals surface area contributed by atoms with Gasteiger partial charge in [0, 0.05) is 5.56 Å². The zero-order valence-electron chi connectivity index (χ0n) is 6.07. The Morgan fingerprint density at radius 2 is 2.17 bits per heavy atom. The van der Waals surface area contributed by atoms with E-state index in [1.165, 1.54) is 12.1 Å². The minimum Gasteiger partial charge on any atom is -0.733 e. The zero-order chi connectivity index (χ0) is 9.14. The van der Waals surface area contributed by atoms with Gasteiger partial charge in [0.2, 0.25) is 0 Å². The van der Waals surface area contributed by atoms with E-state index in [0.29, 0.717) is 0 Å². The normalized spacial score (nSPS) is 10.0. The number of nitrogens with zero attached hydrogens (tertiary/aromatic N) is 1. The standard InChI is InChI=1S/C7H7FNO3/c8-7-5(4-10)2-1-3-6(7)9(11)12/h1-3,10-11H,4H2/q-1. The van der Waals surface area contributed by atoms with Gasteiger partial charge < -0.3 is 15.5 Å². The maximum Gasteiger partial charge on any atom is 0.153 e. The minimum absolute atomic E-state index is 0.0256. The second-order valence-corrected chi connectivity index (χ2v) is 2.18. The molecule has 0 saturated heterocycles. The van der Waals surface area contributed by atoms with Crippen LogP contribution in [0.5, 0.6) is 0 Å². The van der Waals surface area contributed by atoms with Crippen LogP contribution in [0.25, 0.3) is 0 Å². The van der Waals surface area contributed by atoms with E-state index in [-0.39, 0.29) is 5.56 Å². The summed E-state index contributed by atoms with van der Waals surface area (Å²) < 4.78 is 13.0. The minimum atomic E-state index is -0.905. The molecule has 0 unspecified atom stereocenters. The van der Waals surface area contributed by atoms with Crippen molar-refractivity contribution in [2.24, 2.45) is 0 Å².